The van der Waals surface area contributed by atoms with Crippen LogP contribution >= 0.6 is 0 Å². The van der Waals surface area contributed by atoms with Crippen LogP contribution in [0.5, 0.6) is 0 Å². The van der Waals surface area contributed by atoms with Crippen LogP contribution in [0.4, 0.5) is 5.69 Å². The average molecular weight is 275 g/mol. The lowest BCUT2D eigenvalue weighted by Gasteiger charge is -2.38. The molecule has 1 N–H and O–H groups in total. The third-order valence-corrected chi connectivity index (χ3v) is 4.50. The van der Waals surface area contributed by atoms with Gasteiger partial charge in [-0.05, 0) is 30.4 Å². The van der Waals surface area contributed by atoms with Crippen molar-refractivity contribution >= 4 is 5.69 Å². The maximum absolute atomic E-state index is 6.01. The Bertz CT molecular complexity index is 452. The van der Waals surface area contributed by atoms with Crippen LogP contribution in [0.15, 0.2) is 24.3 Å². The molecule has 2 atom stereocenters. The summed E-state index contributed by atoms with van der Waals surface area (Å²) >= 11 is 0. The normalized spacial score (nSPS) is 30.1. The Kier molecular flexibility index (Phi) is 3.99. The van der Waals surface area contributed by atoms with E-state index in [1.165, 1.54) is 11.3 Å². The van der Waals surface area contributed by atoms with Crippen molar-refractivity contribution in [3.63, 3.8) is 0 Å². The number of hydrogen-bond acceptors (Lipinski definition) is 3. The second-order valence-corrected chi connectivity index (χ2v) is 6.41. The maximum Gasteiger partial charge on any atom is 0.0956 e. The number of hydrogen-bond donors (Lipinski definition) is 1. The van der Waals surface area contributed by atoms with E-state index in [1.807, 2.05) is 0 Å². The van der Waals surface area contributed by atoms with Gasteiger partial charge in [0.1, 0.15) is 0 Å². The van der Waals surface area contributed by atoms with E-state index in [-0.39, 0.29) is 5.60 Å². The zero-order chi connectivity index (χ0) is 14.0. The van der Waals surface area contributed by atoms with Crippen LogP contribution in [0, 0.1) is 0 Å². The Balaban J connectivity index is 1.71. The molecule has 110 valence electrons. The molecule has 0 aromatic heterocycles. The monoisotopic (exact) mass is 275 g/mol. The fourth-order valence-corrected chi connectivity index (χ4v) is 3.37. The van der Waals surface area contributed by atoms with Crippen LogP contribution < -0.4 is 5.32 Å². The predicted octanol–water partition coefficient (Wildman–Crippen LogP) is 3.56. The minimum Gasteiger partial charge on any atom is -0.382 e. The maximum atomic E-state index is 6.01. The first-order chi connectivity index (χ1) is 9.69. The summed E-state index contributed by atoms with van der Waals surface area (Å²) in [5.74, 6) is 0.544. The van der Waals surface area contributed by atoms with E-state index >= 15 is 0 Å². The molecule has 3 rings (SSSR count). The van der Waals surface area contributed by atoms with Crippen LogP contribution in [0.3, 0.4) is 0 Å². The SMILES string of the molecule is CC(C)c1ccccc1NC1CCOC2(CCOC2)C1. The summed E-state index contributed by atoms with van der Waals surface area (Å²) < 4.78 is 11.6. The molecule has 1 aromatic rings. The first-order valence-electron chi connectivity index (χ1n) is 7.76. The van der Waals surface area contributed by atoms with Gasteiger partial charge < -0.3 is 14.8 Å². The second-order valence-electron chi connectivity index (χ2n) is 6.41. The van der Waals surface area contributed by atoms with Crippen molar-refractivity contribution < 1.29 is 9.47 Å². The lowest BCUT2D eigenvalue weighted by Crippen LogP contribution is -2.45. The second kappa shape index (κ2) is 5.74. The molecule has 0 radical (unpaired) electrons. The molecule has 2 heterocycles. The highest BCUT2D eigenvalue weighted by Crippen LogP contribution is 2.35. The molecule has 3 heteroatoms. The number of nitrogens with one attached hydrogen (secondary N) is 1. The number of benzene rings is 1. The molecule has 0 saturated carbocycles. The molecule has 0 bridgehead atoms. The highest BCUT2D eigenvalue weighted by molar-refractivity contribution is 5.53. The van der Waals surface area contributed by atoms with Gasteiger partial charge in [0.05, 0.1) is 12.2 Å². The van der Waals surface area contributed by atoms with Crippen LogP contribution in [0.2, 0.25) is 0 Å². The fraction of sp³-hybridized carbons (Fsp3) is 0.647. The number of para-hydroxylation sites is 1. The minimum atomic E-state index is -0.0251. The van der Waals surface area contributed by atoms with Gasteiger partial charge in [0.25, 0.3) is 0 Å². The fourth-order valence-electron chi connectivity index (χ4n) is 3.37. The number of anilines is 1. The van der Waals surface area contributed by atoms with Crippen molar-refractivity contribution in [2.45, 2.75) is 50.7 Å². The van der Waals surface area contributed by atoms with E-state index in [4.69, 9.17) is 9.47 Å². The third-order valence-electron chi connectivity index (χ3n) is 4.50. The largest absolute Gasteiger partial charge is 0.382 e. The first kappa shape index (κ1) is 13.9. The zero-order valence-electron chi connectivity index (χ0n) is 12.5. The Labute approximate surface area is 121 Å². The topological polar surface area (TPSA) is 30.5 Å². The minimum absolute atomic E-state index is 0.0251. The van der Waals surface area contributed by atoms with Gasteiger partial charge >= 0.3 is 0 Å². The molecule has 20 heavy (non-hydrogen) atoms. The lowest BCUT2D eigenvalue weighted by molar-refractivity contribution is -0.0828. The highest BCUT2D eigenvalue weighted by Gasteiger charge is 2.41. The first-order valence-corrected chi connectivity index (χ1v) is 7.76. The quantitative estimate of drug-likeness (QED) is 0.915. The van der Waals surface area contributed by atoms with Crippen molar-refractivity contribution in [2.75, 3.05) is 25.1 Å². The van der Waals surface area contributed by atoms with Crippen molar-refractivity contribution in [3.05, 3.63) is 29.8 Å². The zero-order valence-corrected chi connectivity index (χ0v) is 12.5. The number of ether oxygens (including phenoxy) is 2. The van der Waals surface area contributed by atoms with Gasteiger partial charge in [-0.15, -0.1) is 0 Å². The van der Waals surface area contributed by atoms with Gasteiger partial charge in [-0.2, -0.15) is 0 Å². The Morgan fingerprint density at radius 1 is 1.25 bits per heavy atom. The van der Waals surface area contributed by atoms with Gasteiger partial charge in [-0.1, -0.05) is 32.0 Å². The van der Waals surface area contributed by atoms with Gasteiger partial charge in [0, 0.05) is 31.4 Å². The van der Waals surface area contributed by atoms with Crippen LogP contribution in [0.25, 0.3) is 0 Å². The van der Waals surface area contributed by atoms with Gasteiger partial charge in [-0.3, -0.25) is 0 Å². The summed E-state index contributed by atoms with van der Waals surface area (Å²) in [4.78, 5) is 0. The van der Waals surface area contributed by atoms with Crippen molar-refractivity contribution in [2.24, 2.45) is 0 Å². The molecular formula is C17H25NO2. The Morgan fingerprint density at radius 2 is 2.10 bits per heavy atom. The summed E-state index contributed by atoms with van der Waals surface area (Å²) in [7, 11) is 0. The molecular weight excluding hydrogens is 250 g/mol. The van der Waals surface area contributed by atoms with Crippen molar-refractivity contribution in [1.82, 2.24) is 0 Å². The Hall–Kier alpha value is -1.06. The van der Waals surface area contributed by atoms with Crippen molar-refractivity contribution in [3.8, 4) is 0 Å². The molecule has 2 saturated heterocycles. The van der Waals surface area contributed by atoms with E-state index in [1.54, 1.807) is 0 Å². The van der Waals surface area contributed by atoms with Gasteiger partial charge in [-0.25, -0.2) is 0 Å². The molecule has 1 aromatic carbocycles. The lowest BCUT2D eigenvalue weighted by atomic mass is 9.89. The van der Waals surface area contributed by atoms with E-state index in [2.05, 4.69) is 43.4 Å². The average Bonchev–Trinajstić information content (AvgIpc) is 2.87. The van der Waals surface area contributed by atoms with E-state index in [0.717, 1.165) is 39.1 Å². The molecule has 2 aliphatic rings. The van der Waals surface area contributed by atoms with Gasteiger partial charge in [0.2, 0.25) is 0 Å². The Morgan fingerprint density at radius 3 is 2.85 bits per heavy atom. The summed E-state index contributed by atoms with van der Waals surface area (Å²) in [6.07, 6.45) is 3.17. The summed E-state index contributed by atoms with van der Waals surface area (Å²) in [6.45, 7) is 6.94. The molecule has 0 amide bonds. The molecule has 0 aliphatic carbocycles. The van der Waals surface area contributed by atoms with Gasteiger partial charge in [0.15, 0.2) is 0 Å². The van der Waals surface area contributed by atoms with Crippen LogP contribution in [-0.2, 0) is 9.47 Å². The van der Waals surface area contributed by atoms with Crippen LogP contribution in [0.1, 0.15) is 44.6 Å². The molecule has 3 nitrogen and oxygen atoms in total. The summed E-state index contributed by atoms with van der Waals surface area (Å²) in [5.41, 5.74) is 2.65. The molecule has 2 aliphatic heterocycles. The van der Waals surface area contributed by atoms with E-state index in [9.17, 15) is 0 Å². The van der Waals surface area contributed by atoms with Crippen LogP contribution in [-0.4, -0.2) is 31.5 Å². The van der Waals surface area contributed by atoms with E-state index < -0.39 is 0 Å². The van der Waals surface area contributed by atoms with E-state index in [0.29, 0.717) is 12.0 Å². The summed E-state index contributed by atoms with van der Waals surface area (Å²) in [6, 6.07) is 9.15. The summed E-state index contributed by atoms with van der Waals surface area (Å²) in [5, 5.41) is 3.75. The molecule has 1 spiro atoms. The standard InChI is InChI=1S/C17H25NO2/c1-13(2)15-5-3-4-6-16(15)18-14-7-9-20-17(11-14)8-10-19-12-17/h3-6,13-14,18H,7-12H2,1-2H3. The molecule has 2 fully saturated rings. The van der Waals surface area contributed by atoms with Crippen molar-refractivity contribution in [1.29, 1.82) is 0 Å². The molecule has 2 unspecified atom stereocenters. The highest BCUT2D eigenvalue weighted by atomic mass is 16.6. The smallest absolute Gasteiger partial charge is 0.0956 e. The predicted molar refractivity (Wildman–Crippen MR) is 81.3 cm³/mol. The number of rotatable bonds is 3. The third kappa shape index (κ3) is 2.84.